The molecular weight excluding hydrogens is 448 g/mol. The lowest BCUT2D eigenvalue weighted by atomic mass is 9.91. The molecule has 162 valence electrons. The zero-order chi connectivity index (χ0) is 22.8. The Morgan fingerprint density at radius 1 is 0.412 bits per heavy atom. The van der Waals surface area contributed by atoms with Gasteiger partial charge in [0, 0.05) is 31.1 Å². The number of rotatable bonds is 2. The van der Waals surface area contributed by atoms with E-state index < -0.39 is 0 Å². The lowest BCUT2D eigenvalue weighted by Crippen LogP contribution is -1.86. The van der Waals surface area contributed by atoms with Crippen LogP contribution in [-0.4, -0.2) is 0 Å². The minimum Gasteiger partial charge on any atom is -0.143 e. The van der Waals surface area contributed by atoms with E-state index in [1.165, 1.54) is 75.1 Å². The minimum absolute atomic E-state index is 1.28. The quantitative estimate of drug-likeness (QED) is 0.220. The van der Waals surface area contributed by atoms with Gasteiger partial charge in [-0.2, -0.15) is 0 Å². The van der Waals surface area contributed by atoms with Gasteiger partial charge in [-0.05, 0) is 81.7 Å². The summed E-state index contributed by atoms with van der Waals surface area (Å²) in [5, 5.41) is 12.5. The third-order valence-electron chi connectivity index (χ3n) is 6.99. The number of aryl methyl sites for hydroxylation is 2. The predicted octanol–water partition coefficient (Wildman–Crippen LogP) is 10.4. The molecule has 0 unspecified atom stereocenters. The van der Waals surface area contributed by atoms with Crippen molar-refractivity contribution in [2.45, 2.75) is 13.8 Å². The van der Waals surface area contributed by atoms with Crippen molar-refractivity contribution >= 4 is 64.4 Å². The molecule has 0 atom stereocenters. The van der Waals surface area contributed by atoms with Crippen molar-refractivity contribution in [3.63, 3.8) is 0 Å². The molecule has 34 heavy (non-hydrogen) atoms. The fourth-order valence-electron chi connectivity index (χ4n) is 5.19. The first-order valence-electron chi connectivity index (χ1n) is 11.6. The van der Waals surface area contributed by atoms with Crippen LogP contribution in [0.5, 0.6) is 0 Å². The monoisotopic (exact) mass is 470 g/mol. The summed E-state index contributed by atoms with van der Waals surface area (Å²) >= 11 is 3.69. The van der Waals surface area contributed by atoms with E-state index >= 15 is 0 Å². The van der Waals surface area contributed by atoms with Crippen LogP contribution in [0.4, 0.5) is 0 Å². The van der Waals surface area contributed by atoms with Gasteiger partial charge in [-0.1, -0.05) is 71.8 Å². The van der Waals surface area contributed by atoms with Gasteiger partial charge in [-0.15, -0.1) is 22.7 Å². The zero-order valence-electron chi connectivity index (χ0n) is 19.1. The second-order valence-corrected chi connectivity index (χ2v) is 11.0. The first kappa shape index (κ1) is 20.0. The Kier molecular flexibility index (Phi) is 4.42. The van der Waals surface area contributed by atoms with Crippen LogP contribution in [0.1, 0.15) is 11.1 Å². The number of benzene rings is 5. The molecule has 5 aromatic carbocycles. The summed E-state index contributed by atoms with van der Waals surface area (Å²) in [4.78, 5) is 0. The Hall–Kier alpha value is -3.46. The maximum absolute atomic E-state index is 2.43. The number of thiophene rings is 2. The largest absolute Gasteiger partial charge is 0.143 e. The van der Waals surface area contributed by atoms with Gasteiger partial charge in [0.2, 0.25) is 0 Å². The highest BCUT2D eigenvalue weighted by Crippen LogP contribution is 2.44. The van der Waals surface area contributed by atoms with Crippen LogP contribution in [-0.2, 0) is 0 Å². The molecule has 0 fully saturated rings. The van der Waals surface area contributed by atoms with Crippen LogP contribution < -0.4 is 0 Å². The molecule has 0 aliphatic carbocycles. The van der Waals surface area contributed by atoms with Crippen LogP contribution in [0.3, 0.4) is 0 Å². The molecule has 7 aromatic rings. The Labute approximate surface area is 206 Å². The molecule has 0 aliphatic rings. The standard InChI is InChI=1S/C32H22S2/c1-19-3-7-21(8-4-19)27-17-30-24(31-26(27)14-16-33-31)12-11-23-25-13-15-34-32(25)28(18-29(23)30)22-9-5-20(2)6-10-22/h3-18H,1-2H3. The summed E-state index contributed by atoms with van der Waals surface area (Å²) < 4.78 is 2.74. The molecule has 0 nitrogen and oxygen atoms in total. The second kappa shape index (κ2) is 7.53. The molecule has 0 saturated heterocycles. The van der Waals surface area contributed by atoms with Crippen LogP contribution >= 0.6 is 22.7 Å². The Balaban J connectivity index is 1.63. The molecule has 0 amide bonds. The SMILES string of the molecule is Cc1ccc(-c2cc3c4cc(-c5ccc(C)cc5)c5sccc5c4ccc3c3sccc23)cc1. The van der Waals surface area contributed by atoms with Crippen molar-refractivity contribution < 1.29 is 0 Å². The van der Waals surface area contributed by atoms with E-state index in [0.717, 1.165) is 0 Å². The summed E-state index contributed by atoms with van der Waals surface area (Å²) in [7, 11) is 0. The Bertz CT molecular complexity index is 1710. The van der Waals surface area contributed by atoms with Gasteiger partial charge in [0.25, 0.3) is 0 Å². The van der Waals surface area contributed by atoms with Gasteiger partial charge in [0.15, 0.2) is 0 Å². The molecule has 0 N–H and O–H groups in total. The number of fused-ring (bicyclic) bond motifs is 7. The fraction of sp³-hybridized carbons (Fsp3) is 0.0625. The highest BCUT2D eigenvalue weighted by Gasteiger charge is 2.16. The van der Waals surface area contributed by atoms with E-state index in [1.807, 2.05) is 22.7 Å². The summed E-state index contributed by atoms with van der Waals surface area (Å²) in [5.41, 5.74) is 7.79. The number of hydrogen-bond donors (Lipinski definition) is 0. The Morgan fingerprint density at radius 2 is 0.912 bits per heavy atom. The van der Waals surface area contributed by atoms with E-state index in [4.69, 9.17) is 0 Å². The van der Waals surface area contributed by atoms with Crippen LogP contribution in [0.15, 0.2) is 95.7 Å². The molecule has 0 spiro atoms. The van der Waals surface area contributed by atoms with Gasteiger partial charge >= 0.3 is 0 Å². The van der Waals surface area contributed by atoms with Crippen molar-refractivity contribution in [1.29, 1.82) is 0 Å². The molecule has 2 heteroatoms. The molecule has 0 radical (unpaired) electrons. The first-order valence-corrected chi connectivity index (χ1v) is 13.3. The third kappa shape index (κ3) is 2.96. The van der Waals surface area contributed by atoms with Crippen molar-refractivity contribution in [3.05, 3.63) is 107 Å². The highest BCUT2D eigenvalue weighted by molar-refractivity contribution is 7.18. The van der Waals surface area contributed by atoms with Crippen LogP contribution in [0.2, 0.25) is 0 Å². The van der Waals surface area contributed by atoms with Gasteiger partial charge in [0.1, 0.15) is 0 Å². The second-order valence-electron chi connectivity index (χ2n) is 9.16. The average molecular weight is 471 g/mol. The van der Waals surface area contributed by atoms with E-state index in [-0.39, 0.29) is 0 Å². The summed E-state index contributed by atoms with van der Waals surface area (Å²) in [5.74, 6) is 0. The molecule has 0 aliphatic heterocycles. The van der Waals surface area contributed by atoms with E-state index in [0.29, 0.717) is 0 Å². The molecule has 2 heterocycles. The lowest BCUT2D eigenvalue weighted by Gasteiger charge is -2.13. The molecule has 7 rings (SSSR count). The smallest absolute Gasteiger partial charge is 0.0427 e. The van der Waals surface area contributed by atoms with E-state index in [1.54, 1.807) is 0 Å². The van der Waals surface area contributed by atoms with E-state index in [2.05, 4.69) is 110 Å². The highest BCUT2D eigenvalue weighted by atomic mass is 32.1. The molecular formula is C32H22S2. The fourth-order valence-corrected chi connectivity index (χ4v) is 7.09. The average Bonchev–Trinajstić information content (AvgIpc) is 3.54. The predicted molar refractivity (Wildman–Crippen MR) is 153 cm³/mol. The van der Waals surface area contributed by atoms with Crippen molar-refractivity contribution in [1.82, 2.24) is 0 Å². The first-order chi connectivity index (χ1) is 16.7. The summed E-state index contributed by atoms with van der Waals surface area (Å²) in [6.45, 7) is 4.30. The number of hydrogen-bond acceptors (Lipinski definition) is 2. The van der Waals surface area contributed by atoms with E-state index in [9.17, 15) is 0 Å². The minimum atomic E-state index is 1.28. The maximum Gasteiger partial charge on any atom is 0.0427 e. The lowest BCUT2D eigenvalue weighted by molar-refractivity contribution is 1.47. The van der Waals surface area contributed by atoms with Crippen LogP contribution in [0, 0.1) is 13.8 Å². The maximum atomic E-state index is 2.43. The van der Waals surface area contributed by atoms with Gasteiger partial charge in [-0.25, -0.2) is 0 Å². The molecule has 2 aromatic heterocycles. The Morgan fingerprint density at radius 3 is 1.62 bits per heavy atom. The van der Waals surface area contributed by atoms with Crippen molar-refractivity contribution in [2.75, 3.05) is 0 Å². The van der Waals surface area contributed by atoms with Crippen LogP contribution in [0.25, 0.3) is 64.0 Å². The van der Waals surface area contributed by atoms with Gasteiger partial charge in [0.05, 0.1) is 0 Å². The van der Waals surface area contributed by atoms with Crippen molar-refractivity contribution in [2.24, 2.45) is 0 Å². The third-order valence-corrected chi connectivity index (χ3v) is 8.89. The van der Waals surface area contributed by atoms with Gasteiger partial charge < -0.3 is 0 Å². The topological polar surface area (TPSA) is 0 Å². The normalized spacial score (nSPS) is 11.8. The molecule has 0 bridgehead atoms. The van der Waals surface area contributed by atoms with Gasteiger partial charge in [-0.3, -0.25) is 0 Å². The van der Waals surface area contributed by atoms with Crippen molar-refractivity contribution in [3.8, 4) is 22.3 Å². The summed E-state index contributed by atoms with van der Waals surface area (Å²) in [6, 6.07) is 32.0. The zero-order valence-corrected chi connectivity index (χ0v) is 20.7. The molecule has 0 saturated carbocycles. The summed E-state index contributed by atoms with van der Waals surface area (Å²) in [6.07, 6.45) is 0.